The number of ether oxygens (including phenoxy) is 1. The predicted molar refractivity (Wildman–Crippen MR) is 98.1 cm³/mol. The third-order valence-electron chi connectivity index (χ3n) is 3.95. The minimum Gasteiger partial charge on any atom is -0.489 e. The standard InChI is InChI=1S/C21H22N2O2/c24-20(18-10-12-22-13-11-18)15-23-14-19-8-4-5-9-21(19)25-16-17-6-2-1-3-7-17/h1-13,20,23-24H,14-16H2. The maximum absolute atomic E-state index is 10.2. The van der Waals surface area contributed by atoms with E-state index < -0.39 is 6.10 Å². The summed E-state index contributed by atoms with van der Waals surface area (Å²) in [5.41, 5.74) is 3.06. The van der Waals surface area contributed by atoms with E-state index in [-0.39, 0.29) is 0 Å². The molecule has 3 aromatic rings. The number of benzene rings is 2. The van der Waals surface area contributed by atoms with Crippen molar-refractivity contribution in [2.45, 2.75) is 19.3 Å². The summed E-state index contributed by atoms with van der Waals surface area (Å²) in [5.74, 6) is 0.859. The fourth-order valence-corrected chi connectivity index (χ4v) is 2.57. The van der Waals surface area contributed by atoms with Crippen molar-refractivity contribution in [3.63, 3.8) is 0 Å². The molecule has 0 saturated heterocycles. The summed E-state index contributed by atoms with van der Waals surface area (Å²) in [6.45, 7) is 1.64. The molecular weight excluding hydrogens is 312 g/mol. The first-order valence-corrected chi connectivity index (χ1v) is 8.36. The molecule has 1 heterocycles. The van der Waals surface area contributed by atoms with Gasteiger partial charge in [0.25, 0.3) is 0 Å². The molecule has 0 amide bonds. The zero-order valence-corrected chi connectivity index (χ0v) is 14.0. The van der Waals surface area contributed by atoms with Gasteiger partial charge < -0.3 is 15.2 Å². The van der Waals surface area contributed by atoms with E-state index in [9.17, 15) is 5.11 Å². The molecule has 1 aromatic heterocycles. The molecule has 4 nitrogen and oxygen atoms in total. The maximum Gasteiger partial charge on any atom is 0.124 e. The maximum atomic E-state index is 10.2. The van der Waals surface area contributed by atoms with Crippen LogP contribution in [0.1, 0.15) is 22.8 Å². The van der Waals surface area contributed by atoms with Gasteiger partial charge in [0.1, 0.15) is 12.4 Å². The number of hydrogen-bond donors (Lipinski definition) is 2. The second-order valence-electron chi connectivity index (χ2n) is 5.81. The lowest BCUT2D eigenvalue weighted by molar-refractivity contribution is 0.174. The van der Waals surface area contributed by atoms with Crippen LogP contribution < -0.4 is 10.1 Å². The Bertz CT molecular complexity index is 763. The second-order valence-corrected chi connectivity index (χ2v) is 5.81. The first-order valence-electron chi connectivity index (χ1n) is 8.36. The molecule has 0 aliphatic heterocycles. The summed E-state index contributed by atoms with van der Waals surface area (Å²) in [5, 5.41) is 13.5. The Morgan fingerprint density at radius 2 is 1.64 bits per heavy atom. The number of para-hydroxylation sites is 1. The lowest BCUT2D eigenvalue weighted by Gasteiger charge is -2.14. The third kappa shape index (κ3) is 5.14. The summed E-state index contributed by atoms with van der Waals surface area (Å²) < 4.78 is 5.95. The average Bonchev–Trinajstić information content (AvgIpc) is 2.68. The van der Waals surface area contributed by atoms with Gasteiger partial charge in [-0.25, -0.2) is 0 Å². The third-order valence-corrected chi connectivity index (χ3v) is 3.95. The molecular formula is C21H22N2O2. The van der Waals surface area contributed by atoms with E-state index in [2.05, 4.69) is 10.3 Å². The number of aliphatic hydroxyl groups is 1. The number of nitrogens with one attached hydrogen (secondary N) is 1. The highest BCUT2D eigenvalue weighted by Gasteiger charge is 2.08. The van der Waals surface area contributed by atoms with Crippen molar-refractivity contribution in [1.82, 2.24) is 10.3 Å². The zero-order chi connectivity index (χ0) is 17.3. The molecule has 1 unspecified atom stereocenters. The summed E-state index contributed by atoms with van der Waals surface area (Å²) in [4.78, 5) is 3.96. The topological polar surface area (TPSA) is 54.4 Å². The molecule has 1 atom stereocenters. The van der Waals surface area contributed by atoms with Crippen molar-refractivity contribution in [3.05, 3.63) is 95.8 Å². The molecule has 0 spiro atoms. The molecule has 2 N–H and O–H groups in total. The lowest BCUT2D eigenvalue weighted by Crippen LogP contribution is -2.21. The molecule has 2 aromatic carbocycles. The van der Waals surface area contributed by atoms with Crippen LogP contribution in [0.4, 0.5) is 0 Å². The molecule has 0 saturated carbocycles. The fourth-order valence-electron chi connectivity index (χ4n) is 2.57. The van der Waals surface area contributed by atoms with Crippen LogP contribution >= 0.6 is 0 Å². The summed E-state index contributed by atoms with van der Waals surface area (Å²) in [7, 11) is 0. The quantitative estimate of drug-likeness (QED) is 0.662. The van der Waals surface area contributed by atoms with Crippen LogP contribution in [0, 0.1) is 0 Å². The minimum atomic E-state index is -0.555. The molecule has 25 heavy (non-hydrogen) atoms. The molecule has 4 heteroatoms. The van der Waals surface area contributed by atoms with Crippen LogP contribution in [0.15, 0.2) is 79.1 Å². The molecule has 128 valence electrons. The van der Waals surface area contributed by atoms with Crippen LogP contribution in [0.3, 0.4) is 0 Å². The van der Waals surface area contributed by atoms with Crippen molar-refractivity contribution >= 4 is 0 Å². The van der Waals surface area contributed by atoms with Gasteiger partial charge in [-0.1, -0.05) is 48.5 Å². The monoisotopic (exact) mass is 334 g/mol. The van der Waals surface area contributed by atoms with E-state index in [4.69, 9.17) is 4.74 Å². The van der Waals surface area contributed by atoms with Crippen LogP contribution in [-0.4, -0.2) is 16.6 Å². The van der Waals surface area contributed by atoms with Crippen LogP contribution in [0.2, 0.25) is 0 Å². The lowest BCUT2D eigenvalue weighted by atomic mass is 10.1. The molecule has 0 fully saturated rings. The molecule has 0 radical (unpaired) electrons. The van der Waals surface area contributed by atoms with E-state index in [1.54, 1.807) is 12.4 Å². The Balaban J connectivity index is 1.54. The molecule has 0 aliphatic carbocycles. The first kappa shape index (κ1) is 17.1. The van der Waals surface area contributed by atoms with Crippen molar-refractivity contribution in [2.24, 2.45) is 0 Å². The Hall–Kier alpha value is -2.69. The van der Waals surface area contributed by atoms with E-state index >= 15 is 0 Å². The van der Waals surface area contributed by atoms with Crippen LogP contribution in [-0.2, 0) is 13.2 Å². The summed E-state index contributed by atoms with van der Waals surface area (Å²) >= 11 is 0. The zero-order valence-electron chi connectivity index (χ0n) is 14.0. The highest BCUT2D eigenvalue weighted by atomic mass is 16.5. The van der Waals surface area contributed by atoms with Gasteiger partial charge in [0.05, 0.1) is 6.10 Å². The number of nitrogens with zero attached hydrogens (tertiary/aromatic N) is 1. The first-order chi connectivity index (χ1) is 12.3. The van der Waals surface area contributed by atoms with Crippen molar-refractivity contribution in [1.29, 1.82) is 0 Å². The number of aromatic nitrogens is 1. The Morgan fingerprint density at radius 3 is 2.44 bits per heavy atom. The summed E-state index contributed by atoms with van der Waals surface area (Å²) in [6, 6.07) is 21.7. The van der Waals surface area contributed by atoms with Crippen LogP contribution in [0.5, 0.6) is 5.75 Å². The van der Waals surface area contributed by atoms with Gasteiger partial charge in [-0.05, 0) is 29.3 Å². The van der Waals surface area contributed by atoms with Gasteiger partial charge in [0.2, 0.25) is 0 Å². The van der Waals surface area contributed by atoms with Gasteiger partial charge in [-0.15, -0.1) is 0 Å². The van der Waals surface area contributed by atoms with Gasteiger partial charge in [-0.3, -0.25) is 4.98 Å². The van der Waals surface area contributed by atoms with E-state index in [0.29, 0.717) is 19.7 Å². The fraction of sp³-hybridized carbons (Fsp3) is 0.190. The highest BCUT2D eigenvalue weighted by Crippen LogP contribution is 2.19. The normalized spacial score (nSPS) is 11.9. The average molecular weight is 334 g/mol. The largest absolute Gasteiger partial charge is 0.489 e. The Morgan fingerprint density at radius 1 is 0.920 bits per heavy atom. The van der Waals surface area contributed by atoms with Crippen molar-refractivity contribution < 1.29 is 9.84 Å². The van der Waals surface area contributed by atoms with E-state index in [0.717, 1.165) is 22.4 Å². The summed E-state index contributed by atoms with van der Waals surface area (Å²) in [6.07, 6.45) is 2.82. The number of hydrogen-bond acceptors (Lipinski definition) is 4. The van der Waals surface area contributed by atoms with Gasteiger partial charge in [-0.2, -0.15) is 0 Å². The van der Waals surface area contributed by atoms with E-state index in [1.165, 1.54) is 0 Å². The predicted octanol–water partition coefficient (Wildman–Crippen LogP) is 3.48. The van der Waals surface area contributed by atoms with Gasteiger partial charge in [0.15, 0.2) is 0 Å². The van der Waals surface area contributed by atoms with E-state index in [1.807, 2.05) is 66.7 Å². The van der Waals surface area contributed by atoms with Crippen LogP contribution in [0.25, 0.3) is 0 Å². The van der Waals surface area contributed by atoms with Crippen molar-refractivity contribution in [3.8, 4) is 5.75 Å². The number of aliphatic hydroxyl groups excluding tert-OH is 1. The molecule has 0 bridgehead atoms. The smallest absolute Gasteiger partial charge is 0.124 e. The SMILES string of the molecule is OC(CNCc1ccccc1OCc1ccccc1)c1ccncc1. The van der Waals surface area contributed by atoms with Crippen molar-refractivity contribution in [2.75, 3.05) is 6.54 Å². The van der Waals surface area contributed by atoms with Gasteiger partial charge in [0, 0.05) is 31.0 Å². The second kappa shape index (κ2) is 8.97. The highest BCUT2D eigenvalue weighted by molar-refractivity contribution is 5.33. The number of pyridine rings is 1. The number of rotatable bonds is 8. The molecule has 0 aliphatic rings. The van der Waals surface area contributed by atoms with Gasteiger partial charge >= 0.3 is 0 Å². The minimum absolute atomic E-state index is 0.469. The molecule has 3 rings (SSSR count). The Labute approximate surface area is 148 Å². The Kier molecular flexibility index (Phi) is 6.15.